The van der Waals surface area contributed by atoms with Gasteiger partial charge in [0, 0.05) is 23.5 Å². The summed E-state index contributed by atoms with van der Waals surface area (Å²) in [6.45, 7) is 4.38. The lowest BCUT2D eigenvalue weighted by molar-refractivity contribution is 0.0897. The molecule has 1 atom stereocenters. The summed E-state index contributed by atoms with van der Waals surface area (Å²) in [5, 5.41) is 6.70. The van der Waals surface area contributed by atoms with Crippen LogP contribution in [0.1, 0.15) is 34.6 Å². The third kappa shape index (κ3) is 3.94. The highest BCUT2D eigenvalue weighted by molar-refractivity contribution is 6.05. The number of rotatable bonds is 6. The quantitative estimate of drug-likeness (QED) is 0.713. The van der Waals surface area contributed by atoms with Crippen molar-refractivity contribution in [3.8, 4) is 0 Å². The number of benzene rings is 2. The summed E-state index contributed by atoms with van der Waals surface area (Å²) in [5.74, 6) is -0.153. The number of amides is 2. The fourth-order valence-electron chi connectivity index (χ4n) is 2.78. The SMILES string of the molecule is CC(C)[C@H](CNC(=O)c1cccc2occc12)NC(=O)c1ccccc1. The van der Waals surface area contributed by atoms with Gasteiger partial charge < -0.3 is 15.1 Å². The molecule has 0 aliphatic rings. The van der Waals surface area contributed by atoms with Crippen LogP contribution in [0.15, 0.2) is 65.3 Å². The maximum absolute atomic E-state index is 12.6. The largest absolute Gasteiger partial charge is 0.464 e. The molecule has 1 heterocycles. The van der Waals surface area contributed by atoms with E-state index in [0.29, 0.717) is 23.3 Å². The first kappa shape index (κ1) is 17.7. The van der Waals surface area contributed by atoms with Crippen LogP contribution in [-0.2, 0) is 0 Å². The molecule has 0 saturated carbocycles. The summed E-state index contributed by atoms with van der Waals surface area (Å²) >= 11 is 0. The molecule has 26 heavy (non-hydrogen) atoms. The van der Waals surface area contributed by atoms with Gasteiger partial charge in [-0.15, -0.1) is 0 Å². The van der Waals surface area contributed by atoms with Gasteiger partial charge in [-0.3, -0.25) is 9.59 Å². The van der Waals surface area contributed by atoms with Crippen molar-refractivity contribution in [1.29, 1.82) is 0 Å². The summed E-state index contributed by atoms with van der Waals surface area (Å²) in [6.07, 6.45) is 1.57. The fourth-order valence-corrected chi connectivity index (χ4v) is 2.78. The van der Waals surface area contributed by atoms with Crippen LogP contribution in [0.2, 0.25) is 0 Å². The van der Waals surface area contributed by atoms with Gasteiger partial charge in [0.15, 0.2) is 0 Å². The zero-order valence-corrected chi connectivity index (χ0v) is 14.9. The van der Waals surface area contributed by atoms with E-state index in [9.17, 15) is 9.59 Å². The molecule has 0 aliphatic carbocycles. The Labute approximate surface area is 152 Å². The first-order valence-electron chi connectivity index (χ1n) is 8.66. The summed E-state index contributed by atoms with van der Waals surface area (Å²) in [4.78, 5) is 25.0. The summed E-state index contributed by atoms with van der Waals surface area (Å²) in [7, 11) is 0. The fraction of sp³-hybridized carbons (Fsp3) is 0.238. The van der Waals surface area contributed by atoms with Crippen molar-refractivity contribution in [2.75, 3.05) is 6.54 Å². The highest BCUT2D eigenvalue weighted by atomic mass is 16.3. The van der Waals surface area contributed by atoms with Crippen LogP contribution < -0.4 is 10.6 Å². The summed E-state index contributed by atoms with van der Waals surface area (Å²) in [6, 6.07) is 16.0. The lowest BCUT2D eigenvalue weighted by atomic mass is 10.0. The maximum atomic E-state index is 12.6. The van der Waals surface area contributed by atoms with Crippen LogP contribution >= 0.6 is 0 Å². The predicted octanol–water partition coefficient (Wildman–Crippen LogP) is 3.62. The molecule has 0 aliphatic heterocycles. The molecule has 0 spiro atoms. The number of carbonyl (C=O) groups is 2. The van der Waals surface area contributed by atoms with E-state index in [1.807, 2.05) is 38.1 Å². The van der Waals surface area contributed by atoms with Gasteiger partial charge >= 0.3 is 0 Å². The second-order valence-corrected chi connectivity index (χ2v) is 6.54. The van der Waals surface area contributed by atoms with E-state index in [1.54, 1.807) is 36.6 Å². The van der Waals surface area contributed by atoms with Gasteiger partial charge in [0.1, 0.15) is 5.58 Å². The molecule has 0 bridgehead atoms. The number of hydrogen-bond donors (Lipinski definition) is 2. The Bertz CT molecular complexity index is 900. The van der Waals surface area contributed by atoms with Crippen LogP contribution in [0.5, 0.6) is 0 Å². The van der Waals surface area contributed by atoms with E-state index in [0.717, 1.165) is 5.39 Å². The van der Waals surface area contributed by atoms with Crippen molar-refractivity contribution in [2.24, 2.45) is 5.92 Å². The van der Waals surface area contributed by atoms with Gasteiger partial charge in [-0.1, -0.05) is 38.1 Å². The van der Waals surface area contributed by atoms with E-state index in [2.05, 4.69) is 10.6 Å². The Balaban J connectivity index is 1.66. The molecule has 1 aromatic heterocycles. The maximum Gasteiger partial charge on any atom is 0.252 e. The molecule has 3 rings (SSSR count). The highest BCUT2D eigenvalue weighted by Crippen LogP contribution is 2.19. The number of hydrogen-bond acceptors (Lipinski definition) is 3. The van der Waals surface area contributed by atoms with Crippen LogP contribution in [-0.4, -0.2) is 24.4 Å². The lowest BCUT2D eigenvalue weighted by Crippen LogP contribution is -2.46. The smallest absolute Gasteiger partial charge is 0.252 e. The normalized spacial score (nSPS) is 12.1. The van der Waals surface area contributed by atoms with Gasteiger partial charge in [0.2, 0.25) is 0 Å². The first-order valence-corrected chi connectivity index (χ1v) is 8.66. The zero-order valence-electron chi connectivity index (χ0n) is 14.9. The third-order valence-electron chi connectivity index (χ3n) is 4.38. The van der Waals surface area contributed by atoms with Crippen molar-refractivity contribution >= 4 is 22.8 Å². The highest BCUT2D eigenvalue weighted by Gasteiger charge is 2.19. The Kier molecular flexibility index (Phi) is 5.37. The average Bonchev–Trinajstić information content (AvgIpc) is 3.13. The summed E-state index contributed by atoms with van der Waals surface area (Å²) in [5.41, 5.74) is 1.84. The second kappa shape index (κ2) is 7.87. The minimum absolute atomic E-state index is 0.143. The summed E-state index contributed by atoms with van der Waals surface area (Å²) < 4.78 is 5.34. The monoisotopic (exact) mass is 350 g/mol. The van der Waals surface area contributed by atoms with Crippen molar-refractivity contribution < 1.29 is 14.0 Å². The van der Waals surface area contributed by atoms with Crippen LogP contribution in [0.25, 0.3) is 11.0 Å². The van der Waals surface area contributed by atoms with Crippen LogP contribution in [0, 0.1) is 5.92 Å². The molecular weight excluding hydrogens is 328 g/mol. The minimum Gasteiger partial charge on any atom is -0.464 e. The molecule has 134 valence electrons. The third-order valence-corrected chi connectivity index (χ3v) is 4.38. The molecule has 0 unspecified atom stereocenters. The van der Waals surface area contributed by atoms with Crippen LogP contribution in [0.4, 0.5) is 0 Å². The second-order valence-electron chi connectivity index (χ2n) is 6.54. The van der Waals surface area contributed by atoms with Crippen molar-refractivity contribution in [2.45, 2.75) is 19.9 Å². The Morgan fingerprint density at radius 2 is 1.73 bits per heavy atom. The van der Waals surface area contributed by atoms with Gasteiger partial charge in [-0.05, 0) is 36.2 Å². The number of fused-ring (bicyclic) bond motifs is 1. The molecule has 0 radical (unpaired) electrons. The Morgan fingerprint density at radius 3 is 2.46 bits per heavy atom. The van der Waals surface area contributed by atoms with E-state index < -0.39 is 0 Å². The topological polar surface area (TPSA) is 71.3 Å². The number of furan rings is 1. The molecule has 2 amide bonds. The zero-order chi connectivity index (χ0) is 18.5. The van der Waals surface area contributed by atoms with E-state index >= 15 is 0 Å². The standard InChI is InChI=1S/C21H22N2O3/c1-14(2)18(23-20(24)15-7-4-3-5-8-15)13-22-21(25)17-9-6-10-19-16(17)11-12-26-19/h3-12,14,18H,13H2,1-2H3,(H,22,25)(H,23,24)/t18-/m0/s1. The molecule has 0 fully saturated rings. The Hall–Kier alpha value is -3.08. The van der Waals surface area contributed by atoms with Crippen molar-refractivity contribution in [1.82, 2.24) is 10.6 Å². The first-order chi connectivity index (χ1) is 12.6. The molecule has 3 aromatic rings. The average molecular weight is 350 g/mol. The lowest BCUT2D eigenvalue weighted by Gasteiger charge is -2.23. The number of nitrogens with one attached hydrogen (secondary N) is 2. The number of carbonyl (C=O) groups excluding carboxylic acids is 2. The molecule has 2 aromatic carbocycles. The minimum atomic E-state index is -0.184. The predicted molar refractivity (Wildman–Crippen MR) is 101 cm³/mol. The molecule has 5 nitrogen and oxygen atoms in total. The molecular formula is C21H22N2O3. The van der Waals surface area contributed by atoms with Gasteiger partial charge in [0.05, 0.1) is 11.8 Å². The molecule has 0 saturated heterocycles. The molecule has 2 N–H and O–H groups in total. The van der Waals surface area contributed by atoms with Gasteiger partial charge in [-0.25, -0.2) is 0 Å². The Morgan fingerprint density at radius 1 is 0.962 bits per heavy atom. The van der Waals surface area contributed by atoms with Crippen molar-refractivity contribution in [3.63, 3.8) is 0 Å². The van der Waals surface area contributed by atoms with E-state index in [4.69, 9.17) is 4.42 Å². The van der Waals surface area contributed by atoms with Crippen LogP contribution in [0.3, 0.4) is 0 Å². The van der Waals surface area contributed by atoms with E-state index in [-0.39, 0.29) is 23.8 Å². The van der Waals surface area contributed by atoms with E-state index in [1.165, 1.54) is 0 Å². The van der Waals surface area contributed by atoms with Gasteiger partial charge in [-0.2, -0.15) is 0 Å². The molecule has 5 heteroatoms. The van der Waals surface area contributed by atoms with Gasteiger partial charge in [0.25, 0.3) is 11.8 Å². The van der Waals surface area contributed by atoms with Crippen molar-refractivity contribution in [3.05, 3.63) is 72.0 Å².